The summed E-state index contributed by atoms with van der Waals surface area (Å²) in [5, 5.41) is 0. The van der Waals surface area contributed by atoms with Crippen LogP contribution in [0.4, 0.5) is 0 Å². The minimum atomic E-state index is -0.796. The van der Waals surface area contributed by atoms with Crippen molar-refractivity contribution in [1.82, 2.24) is 0 Å². The quantitative estimate of drug-likeness (QED) is 0.0262. The molecule has 0 aliphatic rings. The fraction of sp³-hybridized carbons (Fsp3) is 0.804. The molecular formula is C56H100O6. The van der Waals surface area contributed by atoms with Gasteiger partial charge >= 0.3 is 17.9 Å². The largest absolute Gasteiger partial charge is 0.462 e. The van der Waals surface area contributed by atoms with Gasteiger partial charge in [0.15, 0.2) is 6.10 Å². The molecule has 0 aromatic heterocycles. The van der Waals surface area contributed by atoms with E-state index in [1.165, 1.54) is 161 Å². The summed E-state index contributed by atoms with van der Waals surface area (Å²) in [6, 6.07) is 0. The first-order valence-corrected chi connectivity index (χ1v) is 26.6. The average Bonchev–Trinajstić information content (AvgIpc) is 3.27. The van der Waals surface area contributed by atoms with Gasteiger partial charge in [-0.3, -0.25) is 14.4 Å². The lowest BCUT2D eigenvalue weighted by Crippen LogP contribution is -2.30. The molecule has 0 rings (SSSR count). The van der Waals surface area contributed by atoms with Gasteiger partial charge in [0.25, 0.3) is 0 Å². The molecule has 0 fully saturated rings. The normalized spacial score (nSPS) is 12.4. The minimum absolute atomic E-state index is 0.0909. The molecule has 0 bridgehead atoms. The SMILES string of the molecule is CCCCC/C=C\C/C=C\C/C=C\C/C=C\CCCC(=O)O[C@@H](COC(=O)CCCCCCCCCCCCCC)COC(=O)CCCCCCCCCCCCCCCCC. The van der Waals surface area contributed by atoms with Crippen molar-refractivity contribution in [3.05, 3.63) is 48.6 Å². The number of unbranched alkanes of at least 4 members (excludes halogenated alkanes) is 29. The van der Waals surface area contributed by atoms with Crippen molar-refractivity contribution in [3.63, 3.8) is 0 Å². The van der Waals surface area contributed by atoms with Crippen molar-refractivity contribution in [3.8, 4) is 0 Å². The number of hydrogen-bond donors (Lipinski definition) is 0. The molecule has 0 aromatic carbocycles. The van der Waals surface area contributed by atoms with Gasteiger partial charge in [-0.25, -0.2) is 0 Å². The molecule has 360 valence electrons. The van der Waals surface area contributed by atoms with E-state index in [0.29, 0.717) is 19.3 Å². The summed E-state index contributed by atoms with van der Waals surface area (Å²) in [4.78, 5) is 38.0. The average molecular weight is 869 g/mol. The highest BCUT2D eigenvalue weighted by Gasteiger charge is 2.19. The fourth-order valence-corrected chi connectivity index (χ4v) is 7.55. The maximum absolute atomic E-state index is 12.8. The second kappa shape index (κ2) is 51.0. The van der Waals surface area contributed by atoms with Gasteiger partial charge in [0.1, 0.15) is 13.2 Å². The Balaban J connectivity index is 4.44. The standard InChI is InChI=1S/C56H100O6/c1-4-7-10-13-16-19-22-25-27-28-30-32-35-38-41-44-47-50-56(59)62-53(51-60-54(57)48-45-42-39-36-33-24-21-18-15-12-9-6-3)52-61-55(58)49-46-43-40-37-34-31-29-26-23-20-17-14-11-8-5-2/h16,19,25,27,30,32,38,41,53H,4-15,17-18,20-24,26,28-29,31,33-37,39-40,42-52H2,1-3H3/b19-16-,27-25-,32-30-,41-38-/t53-/m0/s1. The van der Waals surface area contributed by atoms with E-state index in [9.17, 15) is 14.4 Å². The van der Waals surface area contributed by atoms with Crippen LogP contribution in [0.1, 0.15) is 271 Å². The topological polar surface area (TPSA) is 78.9 Å². The summed E-state index contributed by atoms with van der Waals surface area (Å²) in [6.45, 7) is 6.58. The Labute approximate surface area is 384 Å². The van der Waals surface area contributed by atoms with Gasteiger partial charge in [-0.1, -0.05) is 243 Å². The Morgan fingerprint density at radius 1 is 0.323 bits per heavy atom. The number of esters is 3. The van der Waals surface area contributed by atoms with Gasteiger partial charge < -0.3 is 14.2 Å². The van der Waals surface area contributed by atoms with E-state index in [1.807, 2.05) is 0 Å². The number of hydrogen-bond acceptors (Lipinski definition) is 6. The van der Waals surface area contributed by atoms with Crippen molar-refractivity contribution in [2.45, 2.75) is 277 Å². The van der Waals surface area contributed by atoms with E-state index >= 15 is 0 Å². The summed E-state index contributed by atoms with van der Waals surface area (Å²) >= 11 is 0. The molecule has 6 heteroatoms. The van der Waals surface area contributed by atoms with Gasteiger partial charge in [-0.15, -0.1) is 0 Å². The number of allylic oxidation sites excluding steroid dienone is 8. The Hall–Kier alpha value is -2.63. The Bertz CT molecular complexity index is 1090. The Morgan fingerprint density at radius 3 is 0.952 bits per heavy atom. The van der Waals surface area contributed by atoms with Crippen LogP contribution in [0.25, 0.3) is 0 Å². The van der Waals surface area contributed by atoms with Gasteiger partial charge in [0, 0.05) is 19.3 Å². The molecular weight excluding hydrogens is 769 g/mol. The van der Waals surface area contributed by atoms with E-state index in [2.05, 4.69) is 69.4 Å². The molecule has 1 atom stereocenters. The zero-order chi connectivity index (χ0) is 45.1. The number of rotatable bonds is 48. The molecule has 0 aromatic rings. The molecule has 0 radical (unpaired) electrons. The van der Waals surface area contributed by atoms with Gasteiger partial charge in [-0.05, 0) is 57.8 Å². The van der Waals surface area contributed by atoms with E-state index in [1.54, 1.807) is 0 Å². The highest BCUT2D eigenvalue weighted by Crippen LogP contribution is 2.16. The number of carbonyl (C=O) groups excluding carboxylic acids is 3. The van der Waals surface area contributed by atoms with Crippen LogP contribution in [0.2, 0.25) is 0 Å². The van der Waals surface area contributed by atoms with E-state index in [4.69, 9.17) is 14.2 Å². The minimum Gasteiger partial charge on any atom is -0.462 e. The predicted molar refractivity (Wildman–Crippen MR) is 265 cm³/mol. The molecule has 0 amide bonds. The summed E-state index contributed by atoms with van der Waals surface area (Å²) in [7, 11) is 0. The Morgan fingerprint density at radius 2 is 0.597 bits per heavy atom. The fourth-order valence-electron chi connectivity index (χ4n) is 7.55. The zero-order valence-electron chi connectivity index (χ0n) is 41.1. The van der Waals surface area contributed by atoms with Crippen LogP contribution in [0.3, 0.4) is 0 Å². The summed E-state index contributed by atoms with van der Waals surface area (Å²) in [5.74, 6) is -0.937. The molecule has 6 nitrogen and oxygen atoms in total. The third-order valence-electron chi connectivity index (χ3n) is 11.6. The first-order valence-electron chi connectivity index (χ1n) is 26.6. The highest BCUT2D eigenvalue weighted by atomic mass is 16.6. The van der Waals surface area contributed by atoms with E-state index in [0.717, 1.165) is 64.2 Å². The summed E-state index contributed by atoms with van der Waals surface area (Å²) in [5.41, 5.74) is 0. The van der Waals surface area contributed by atoms with Crippen LogP contribution in [-0.2, 0) is 28.6 Å². The third-order valence-corrected chi connectivity index (χ3v) is 11.6. The molecule has 62 heavy (non-hydrogen) atoms. The van der Waals surface area contributed by atoms with Crippen molar-refractivity contribution >= 4 is 17.9 Å². The number of carbonyl (C=O) groups is 3. The molecule has 0 spiro atoms. The second-order valence-corrected chi connectivity index (χ2v) is 17.8. The lowest BCUT2D eigenvalue weighted by Gasteiger charge is -2.18. The maximum atomic E-state index is 12.8. The lowest BCUT2D eigenvalue weighted by atomic mass is 10.0. The molecule has 0 saturated heterocycles. The van der Waals surface area contributed by atoms with Crippen LogP contribution in [0, 0.1) is 0 Å². The molecule has 0 heterocycles. The van der Waals surface area contributed by atoms with Crippen LogP contribution in [-0.4, -0.2) is 37.2 Å². The predicted octanol–water partition coefficient (Wildman–Crippen LogP) is 17.5. The van der Waals surface area contributed by atoms with Crippen molar-refractivity contribution < 1.29 is 28.6 Å². The second-order valence-electron chi connectivity index (χ2n) is 17.8. The number of ether oxygens (including phenoxy) is 3. The first-order chi connectivity index (χ1) is 30.5. The molecule has 0 aliphatic heterocycles. The highest BCUT2D eigenvalue weighted by molar-refractivity contribution is 5.71. The van der Waals surface area contributed by atoms with Crippen molar-refractivity contribution in [2.24, 2.45) is 0 Å². The first kappa shape index (κ1) is 59.4. The molecule has 0 saturated carbocycles. The molecule has 0 unspecified atom stereocenters. The van der Waals surface area contributed by atoms with Crippen LogP contribution >= 0.6 is 0 Å². The third kappa shape index (κ3) is 48.4. The van der Waals surface area contributed by atoms with Crippen molar-refractivity contribution in [2.75, 3.05) is 13.2 Å². The molecule has 0 N–H and O–H groups in total. The van der Waals surface area contributed by atoms with E-state index in [-0.39, 0.29) is 37.5 Å². The zero-order valence-corrected chi connectivity index (χ0v) is 41.1. The van der Waals surface area contributed by atoms with E-state index < -0.39 is 6.10 Å². The summed E-state index contributed by atoms with van der Waals surface area (Å²) < 4.78 is 16.8. The Kier molecular flexibility index (Phi) is 48.8. The maximum Gasteiger partial charge on any atom is 0.306 e. The van der Waals surface area contributed by atoms with Gasteiger partial charge in [0.2, 0.25) is 0 Å². The van der Waals surface area contributed by atoms with Gasteiger partial charge in [-0.2, -0.15) is 0 Å². The van der Waals surface area contributed by atoms with Gasteiger partial charge in [0.05, 0.1) is 0 Å². The van der Waals surface area contributed by atoms with Crippen molar-refractivity contribution in [1.29, 1.82) is 0 Å². The lowest BCUT2D eigenvalue weighted by molar-refractivity contribution is -0.167. The van der Waals surface area contributed by atoms with Crippen LogP contribution in [0.15, 0.2) is 48.6 Å². The monoisotopic (exact) mass is 869 g/mol. The van der Waals surface area contributed by atoms with Crippen LogP contribution in [0.5, 0.6) is 0 Å². The summed E-state index contributed by atoms with van der Waals surface area (Å²) in [6.07, 6.45) is 61.0. The molecule has 0 aliphatic carbocycles. The van der Waals surface area contributed by atoms with Crippen LogP contribution < -0.4 is 0 Å². The smallest absolute Gasteiger partial charge is 0.306 e.